The molecule has 0 fully saturated rings. The van der Waals surface area contributed by atoms with Crippen LogP contribution in [0.2, 0.25) is 0 Å². The number of carboxylic acid groups (broad SMARTS) is 1. The maximum Gasteiger partial charge on any atom is 0.335 e. The molecule has 1 amide bonds. The number of carbonyl (C=O) groups is 2. The fourth-order valence-electron chi connectivity index (χ4n) is 3.00. The Hall–Kier alpha value is -4.20. The standard InChI is InChI=1S/C21H16N4O4/c1-12-15(20(27)24-17-8-6-14(21(28)29)10-18(17)26)11-22-25(12)19-9-7-13-4-2-3-5-16(13)23-19/h2-11,26H,1H3,(H,24,27)(H,28,29). The third kappa shape index (κ3) is 3.39. The summed E-state index contributed by atoms with van der Waals surface area (Å²) < 4.78 is 1.56. The number of phenolic OH excluding ortho intramolecular Hbond substituents is 1. The van der Waals surface area contributed by atoms with E-state index < -0.39 is 11.9 Å². The number of phenols is 1. The number of rotatable bonds is 4. The Balaban J connectivity index is 1.62. The molecule has 0 radical (unpaired) electrons. The Morgan fingerprint density at radius 1 is 1.07 bits per heavy atom. The number of anilines is 1. The number of aromatic nitrogens is 3. The van der Waals surface area contributed by atoms with Crippen molar-refractivity contribution >= 4 is 28.5 Å². The zero-order chi connectivity index (χ0) is 20.5. The Kier molecular flexibility index (Phi) is 4.44. The van der Waals surface area contributed by atoms with Crippen molar-refractivity contribution in [2.45, 2.75) is 6.92 Å². The number of nitrogens with zero attached hydrogens (tertiary/aromatic N) is 3. The van der Waals surface area contributed by atoms with E-state index in [2.05, 4.69) is 15.4 Å². The molecular weight excluding hydrogens is 372 g/mol. The van der Waals surface area contributed by atoms with Crippen molar-refractivity contribution in [1.82, 2.24) is 14.8 Å². The van der Waals surface area contributed by atoms with Gasteiger partial charge in [0.05, 0.1) is 34.2 Å². The zero-order valence-electron chi connectivity index (χ0n) is 15.3. The number of nitrogens with one attached hydrogen (secondary N) is 1. The first-order chi connectivity index (χ1) is 13.9. The molecule has 144 valence electrons. The largest absolute Gasteiger partial charge is 0.506 e. The normalized spacial score (nSPS) is 10.8. The maximum absolute atomic E-state index is 12.7. The highest BCUT2D eigenvalue weighted by Gasteiger charge is 2.18. The highest BCUT2D eigenvalue weighted by Crippen LogP contribution is 2.25. The van der Waals surface area contributed by atoms with Crippen molar-refractivity contribution < 1.29 is 19.8 Å². The van der Waals surface area contributed by atoms with Crippen LogP contribution in [0, 0.1) is 6.92 Å². The molecule has 8 nitrogen and oxygen atoms in total. The smallest absolute Gasteiger partial charge is 0.335 e. The van der Waals surface area contributed by atoms with Gasteiger partial charge in [-0.05, 0) is 43.3 Å². The molecule has 0 aliphatic rings. The molecule has 0 bridgehead atoms. The van der Waals surface area contributed by atoms with Crippen molar-refractivity contribution in [1.29, 1.82) is 0 Å². The van der Waals surface area contributed by atoms with Gasteiger partial charge in [0.15, 0.2) is 5.82 Å². The second-order valence-electron chi connectivity index (χ2n) is 6.41. The topological polar surface area (TPSA) is 117 Å². The molecule has 3 N–H and O–H groups in total. The molecule has 0 saturated carbocycles. The number of hydrogen-bond acceptors (Lipinski definition) is 5. The quantitative estimate of drug-likeness (QED) is 0.461. The van der Waals surface area contributed by atoms with Crippen molar-refractivity contribution in [2.24, 2.45) is 0 Å². The minimum absolute atomic E-state index is 0.0770. The van der Waals surface area contributed by atoms with Gasteiger partial charge in [-0.25, -0.2) is 14.5 Å². The average molecular weight is 388 g/mol. The van der Waals surface area contributed by atoms with E-state index in [0.29, 0.717) is 17.1 Å². The first kappa shape index (κ1) is 18.2. The molecule has 0 atom stereocenters. The average Bonchev–Trinajstić information content (AvgIpc) is 3.10. The minimum atomic E-state index is -1.17. The maximum atomic E-state index is 12.7. The molecule has 4 aromatic rings. The number of aromatic carboxylic acids is 1. The minimum Gasteiger partial charge on any atom is -0.506 e. The monoisotopic (exact) mass is 388 g/mol. The van der Waals surface area contributed by atoms with Crippen LogP contribution in [0.5, 0.6) is 5.75 Å². The fourth-order valence-corrected chi connectivity index (χ4v) is 3.00. The fraction of sp³-hybridized carbons (Fsp3) is 0.0476. The van der Waals surface area contributed by atoms with Gasteiger partial charge in [-0.2, -0.15) is 5.10 Å². The summed E-state index contributed by atoms with van der Waals surface area (Å²) in [6.45, 7) is 1.74. The van der Waals surface area contributed by atoms with E-state index in [0.717, 1.165) is 17.0 Å². The lowest BCUT2D eigenvalue weighted by atomic mass is 10.1. The first-order valence-electron chi connectivity index (χ1n) is 8.72. The van der Waals surface area contributed by atoms with E-state index in [4.69, 9.17) is 5.11 Å². The van der Waals surface area contributed by atoms with Crippen LogP contribution in [-0.2, 0) is 0 Å². The number of pyridine rings is 1. The number of fused-ring (bicyclic) bond motifs is 1. The highest BCUT2D eigenvalue weighted by molar-refractivity contribution is 6.06. The summed E-state index contributed by atoms with van der Waals surface area (Å²) in [7, 11) is 0. The Morgan fingerprint density at radius 2 is 1.86 bits per heavy atom. The molecule has 2 aromatic heterocycles. The van der Waals surface area contributed by atoms with Crippen LogP contribution in [0.25, 0.3) is 16.7 Å². The lowest BCUT2D eigenvalue weighted by Crippen LogP contribution is -2.13. The number of carboxylic acids is 1. The van der Waals surface area contributed by atoms with E-state index >= 15 is 0 Å². The second kappa shape index (κ2) is 7.08. The predicted octanol–water partition coefficient (Wildman–Crippen LogP) is 3.39. The van der Waals surface area contributed by atoms with Gasteiger partial charge in [-0.3, -0.25) is 4.79 Å². The third-order valence-electron chi connectivity index (χ3n) is 4.55. The molecule has 2 heterocycles. The number of amides is 1. The van der Waals surface area contributed by atoms with Crippen LogP contribution in [0.1, 0.15) is 26.4 Å². The molecule has 29 heavy (non-hydrogen) atoms. The molecule has 0 saturated heterocycles. The molecule has 8 heteroatoms. The van der Waals surface area contributed by atoms with Crippen molar-refractivity contribution in [3.63, 3.8) is 0 Å². The van der Waals surface area contributed by atoms with Gasteiger partial charge in [0, 0.05) is 5.39 Å². The van der Waals surface area contributed by atoms with Crippen molar-refractivity contribution in [3.8, 4) is 11.6 Å². The summed E-state index contributed by atoms with van der Waals surface area (Å²) in [4.78, 5) is 28.2. The van der Waals surface area contributed by atoms with E-state index in [-0.39, 0.29) is 17.0 Å². The Labute approximate surface area is 165 Å². The summed E-state index contributed by atoms with van der Waals surface area (Å²) in [5.41, 5.74) is 1.73. The van der Waals surface area contributed by atoms with Crippen LogP contribution in [0.15, 0.2) is 60.8 Å². The number of benzene rings is 2. The predicted molar refractivity (Wildman–Crippen MR) is 107 cm³/mol. The molecule has 4 rings (SSSR count). The molecule has 2 aromatic carbocycles. The van der Waals surface area contributed by atoms with Gasteiger partial charge < -0.3 is 15.5 Å². The SMILES string of the molecule is Cc1c(C(=O)Nc2ccc(C(=O)O)cc2O)cnn1-c1ccc2ccccc2n1. The van der Waals surface area contributed by atoms with E-state index in [1.807, 2.05) is 36.4 Å². The lowest BCUT2D eigenvalue weighted by molar-refractivity contribution is 0.0696. The van der Waals surface area contributed by atoms with Crippen LogP contribution in [0.3, 0.4) is 0 Å². The van der Waals surface area contributed by atoms with Gasteiger partial charge >= 0.3 is 5.97 Å². The molecular formula is C21H16N4O4. The van der Waals surface area contributed by atoms with E-state index in [1.165, 1.54) is 18.3 Å². The van der Waals surface area contributed by atoms with Gasteiger partial charge in [0.2, 0.25) is 0 Å². The van der Waals surface area contributed by atoms with Gasteiger partial charge in [0.1, 0.15) is 5.75 Å². The van der Waals surface area contributed by atoms with Gasteiger partial charge in [-0.15, -0.1) is 0 Å². The van der Waals surface area contributed by atoms with Crippen LogP contribution < -0.4 is 5.32 Å². The summed E-state index contributed by atoms with van der Waals surface area (Å²) in [6, 6.07) is 15.2. The summed E-state index contributed by atoms with van der Waals surface area (Å²) in [5, 5.41) is 26.8. The van der Waals surface area contributed by atoms with E-state index in [1.54, 1.807) is 11.6 Å². The Morgan fingerprint density at radius 3 is 2.62 bits per heavy atom. The van der Waals surface area contributed by atoms with Gasteiger partial charge in [-0.1, -0.05) is 18.2 Å². The zero-order valence-corrected chi connectivity index (χ0v) is 15.3. The number of para-hydroxylation sites is 1. The van der Waals surface area contributed by atoms with Crippen LogP contribution in [-0.4, -0.2) is 36.9 Å². The second-order valence-corrected chi connectivity index (χ2v) is 6.41. The third-order valence-corrected chi connectivity index (χ3v) is 4.55. The first-order valence-corrected chi connectivity index (χ1v) is 8.72. The highest BCUT2D eigenvalue weighted by atomic mass is 16.4. The van der Waals surface area contributed by atoms with Crippen molar-refractivity contribution in [2.75, 3.05) is 5.32 Å². The molecule has 0 aliphatic carbocycles. The lowest BCUT2D eigenvalue weighted by Gasteiger charge is -2.09. The van der Waals surface area contributed by atoms with Gasteiger partial charge in [0.25, 0.3) is 5.91 Å². The Bertz CT molecular complexity index is 1260. The number of hydrogen-bond donors (Lipinski definition) is 3. The molecule has 0 unspecified atom stereocenters. The summed E-state index contributed by atoms with van der Waals surface area (Å²) >= 11 is 0. The van der Waals surface area contributed by atoms with E-state index in [9.17, 15) is 14.7 Å². The number of aromatic hydroxyl groups is 1. The molecule has 0 spiro atoms. The van der Waals surface area contributed by atoms with Crippen LogP contribution >= 0.6 is 0 Å². The summed E-state index contributed by atoms with van der Waals surface area (Å²) in [5.74, 6) is -1.40. The van der Waals surface area contributed by atoms with Crippen LogP contribution in [0.4, 0.5) is 5.69 Å². The molecule has 0 aliphatic heterocycles. The van der Waals surface area contributed by atoms with Crippen molar-refractivity contribution in [3.05, 3.63) is 77.6 Å². The number of carbonyl (C=O) groups excluding carboxylic acids is 1. The summed E-state index contributed by atoms with van der Waals surface area (Å²) in [6.07, 6.45) is 1.42.